The summed E-state index contributed by atoms with van der Waals surface area (Å²) >= 11 is 0. The summed E-state index contributed by atoms with van der Waals surface area (Å²) in [7, 11) is 0. The van der Waals surface area contributed by atoms with E-state index in [-0.39, 0.29) is 36.8 Å². The van der Waals surface area contributed by atoms with Crippen LogP contribution in [0.1, 0.15) is 44.4 Å². The van der Waals surface area contributed by atoms with Crippen LogP contribution in [0.4, 0.5) is 4.39 Å². The predicted octanol–water partition coefficient (Wildman–Crippen LogP) is 2.44. The van der Waals surface area contributed by atoms with Gasteiger partial charge in [0.15, 0.2) is 0 Å². The number of likely N-dealkylation sites (tertiary alicyclic amines) is 1. The molecule has 0 aromatic carbocycles. The molecule has 7 nitrogen and oxygen atoms in total. The van der Waals surface area contributed by atoms with Crippen molar-refractivity contribution in [1.29, 1.82) is 0 Å². The van der Waals surface area contributed by atoms with Crippen LogP contribution in [-0.2, 0) is 16.8 Å². The van der Waals surface area contributed by atoms with E-state index in [1.807, 2.05) is 13.8 Å². The first kappa shape index (κ1) is 19.3. The zero-order chi connectivity index (χ0) is 19.4. The Labute approximate surface area is 157 Å². The van der Waals surface area contributed by atoms with Gasteiger partial charge in [-0.15, -0.1) is 0 Å². The minimum atomic E-state index is -1.29. The number of aryl methyl sites for hydroxylation is 1. The maximum Gasteiger partial charge on any atom is 0.254 e. The highest BCUT2D eigenvalue weighted by molar-refractivity contribution is 5.76. The Morgan fingerprint density at radius 3 is 2.85 bits per heavy atom. The molecule has 0 radical (unpaired) electrons. The lowest BCUT2D eigenvalue weighted by atomic mass is 9.85. The molecule has 0 atom stereocenters. The topological polar surface area (TPSA) is 88.7 Å². The van der Waals surface area contributed by atoms with E-state index in [2.05, 4.69) is 10.1 Å². The average Bonchev–Trinajstić information content (AvgIpc) is 3.07. The number of aromatic nitrogens is 2. The monoisotopic (exact) mass is 377 g/mol. The molecule has 1 amide bonds. The number of rotatable bonds is 6. The summed E-state index contributed by atoms with van der Waals surface area (Å²) in [6, 6.07) is 4.83. The summed E-state index contributed by atoms with van der Waals surface area (Å²) < 4.78 is 24.5. The van der Waals surface area contributed by atoms with E-state index in [4.69, 9.17) is 9.26 Å². The van der Waals surface area contributed by atoms with Crippen LogP contribution in [0, 0.1) is 5.95 Å². The van der Waals surface area contributed by atoms with Gasteiger partial charge < -0.3 is 19.3 Å². The van der Waals surface area contributed by atoms with Crippen molar-refractivity contribution in [3.63, 3.8) is 0 Å². The quantitative estimate of drug-likeness (QED) is 0.778. The van der Waals surface area contributed by atoms with Crippen LogP contribution in [-0.4, -0.2) is 45.2 Å². The zero-order valence-electron chi connectivity index (χ0n) is 15.5. The molecular weight excluding hydrogens is 353 g/mol. The second-order valence-electron chi connectivity index (χ2n) is 7.05. The van der Waals surface area contributed by atoms with Gasteiger partial charge in [0.1, 0.15) is 5.76 Å². The molecule has 0 aliphatic carbocycles. The fourth-order valence-corrected chi connectivity index (χ4v) is 3.23. The van der Waals surface area contributed by atoms with E-state index in [1.54, 1.807) is 23.1 Å². The summed E-state index contributed by atoms with van der Waals surface area (Å²) in [5, 5.41) is 14.6. The maximum atomic E-state index is 13.9. The number of ether oxygens (including phenoxy) is 1. The molecule has 27 heavy (non-hydrogen) atoms. The molecule has 3 heterocycles. The highest BCUT2D eigenvalue weighted by Crippen LogP contribution is 2.33. The van der Waals surface area contributed by atoms with Gasteiger partial charge in [-0.05, 0) is 37.9 Å². The van der Waals surface area contributed by atoms with Crippen molar-refractivity contribution in [2.75, 3.05) is 13.1 Å². The van der Waals surface area contributed by atoms with Gasteiger partial charge in [-0.25, -0.2) is 4.98 Å². The van der Waals surface area contributed by atoms with Gasteiger partial charge in [0.05, 0.1) is 11.7 Å². The summed E-state index contributed by atoms with van der Waals surface area (Å²) in [5.41, 5.74) is -1.10. The van der Waals surface area contributed by atoms with E-state index in [0.717, 1.165) is 0 Å². The number of aliphatic hydroxyl groups is 1. The number of pyridine rings is 1. The third-order valence-electron chi connectivity index (χ3n) is 4.68. The Hall–Kier alpha value is -2.48. The van der Waals surface area contributed by atoms with E-state index in [1.165, 1.54) is 6.20 Å². The lowest BCUT2D eigenvalue weighted by Crippen LogP contribution is -2.45. The van der Waals surface area contributed by atoms with Crippen LogP contribution in [0.25, 0.3) is 0 Å². The van der Waals surface area contributed by atoms with Crippen LogP contribution in [0.3, 0.4) is 0 Å². The number of carbonyl (C=O) groups is 1. The first-order valence-corrected chi connectivity index (χ1v) is 9.11. The molecule has 3 rings (SSSR count). The Kier molecular flexibility index (Phi) is 5.74. The number of halogens is 1. The number of piperidine rings is 1. The number of hydrogen-bond acceptors (Lipinski definition) is 6. The van der Waals surface area contributed by atoms with Gasteiger partial charge in [0.2, 0.25) is 11.9 Å². The van der Waals surface area contributed by atoms with E-state index in [9.17, 15) is 14.3 Å². The lowest BCUT2D eigenvalue weighted by Gasteiger charge is -2.38. The third kappa shape index (κ3) is 4.63. The fraction of sp³-hybridized carbons (Fsp3) is 0.526. The van der Waals surface area contributed by atoms with Crippen LogP contribution < -0.4 is 4.74 Å². The van der Waals surface area contributed by atoms with Gasteiger partial charge in [-0.2, -0.15) is 4.39 Å². The molecule has 146 valence electrons. The van der Waals surface area contributed by atoms with Crippen molar-refractivity contribution in [2.24, 2.45) is 0 Å². The van der Waals surface area contributed by atoms with Gasteiger partial charge in [-0.3, -0.25) is 4.79 Å². The molecule has 0 spiro atoms. The fourth-order valence-electron chi connectivity index (χ4n) is 3.23. The van der Waals surface area contributed by atoms with Crippen molar-refractivity contribution in [2.45, 2.75) is 51.2 Å². The van der Waals surface area contributed by atoms with Crippen LogP contribution in [0.15, 0.2) is 28.9 Å². The highest BCUT2D eigenvalue weighted by Gasteiger charge is 2.37. The molecule has 2 aromatic rings. The molecule has 1 aliphatic rings. The van der Waals surface area contributed by atoms with Crippen molar-refractivity contribution >= 4 is 5.91 Å². The Morgan fingerprint density at radius 2 is 2.19 bits per heavy atom. The van der Waals surface area contributed by atoms with Crippen LogP contribution >= 0.6 is 0 Å². The van der Waals surface area contributed by atoms with Crippen molar-refractivity contribution < 1.29 is 23.6 Å². The van der Waals surface area contributed by atoms with Crippen molar-refractivity contribution in [3.05, 3.63) is 41.7 Å². The van der Waals surface area contributed by atoms with Gasteiger partial charge >= 0.3 is 0 Å². The maximum absolute atomic E-state index is 13.9. The van der Waals surface area contributed by atoms with E-state index < -0.39 is 11.5 Å². The Morgan fingerprint density at radius 1 is 1.44 bits per heavy atom. The standard InChI is InChI=1S/C19H24FN3O4/c1-13(2)26-16-12-14(27-22-16)5-6-17(24)23-10-7-19(25,8-11-23)15-4-3-9-21-18(15)20/h3-4,9,12-13,25H,5-8,10-11H2,1-2H3. The van der Waals surface area contributed by atoms with Crippen LogP contribution in [0.5, 0.6) is 5.88 Å². The van der Waals surface area contributed by atoms with E-state index in [0.29, 0.717) is 31.2 Å². The van der Waals surface area contributed by atoms with Crippen molar-refractivity contribution in [3.8, 4) is 5.88 Å². The summed E-state index contributed by atoms with van der Waals surface area (Å²) in [4.78, 5) is 17.7. The minimum Gasteiger partial charge on any atom is -0.473 e. The van der Waals surface area contributed by atoms with Gasteiger partial charge in [0.25, 0.3) is 5.88 Å². The number of amides is 1. The zero-order valence-corrected chi connectivity index (χ0v) is 15.5. The molecule has 1 aliphatic heterocycles. The number of nitrogens with zero attached hydrogens (tertiary/aromatic N) is 3. The molecular formula is C19H24FN3O4. The first-order chi connectivity index (χ1) is 12.9. The SMILES string of the molecule is CC(C)Oc1cc(CCC(=O)N2CCC(O)(c3cccnc3F)CC2)on1. The molecule has 1 fully saturated rings. The molecule has 0 unspecified atom stereocenters. The Balaban J connectivity index is 1.51. The third-order valence-corrected chi connectivity index (χ3v) is 4.68. The molecule has 1 saturated heterocycles. The summed E-state index contributed by atoms with van der Waals surface area (Å²) in [6.45, 7) is 4.52. The lowest BCUT2D eigenvalue weighted by molar-refractivity contribution is -0.135. The molecule has 8 heteroatoms. The molecule has 1 N–H and O–H groups in total. The summed E-state index contributed by atoms with van der Waals surface area (Å²) in [6.07, 6.45) is 2.59. The number of carbonyl (C=O) groups excluding carboxylic acids is 1. The second kappa shape index (κ2) is 8.04. The minimum absolute atomic E-state index is 0.00123. The predicted molar refractivity (Wildman–Crippen MR) is 94.5 cm³/mol. The van der Waals surface area contributed by atoms with Gasteiger partial charge in [-0.1, -0.05) is 6.07 Å². The molecule has 2 aromatic heterocycles. The molecule has 0 saturated carbocycles. The second-order valence-corrected chi connectivity index (χ2v) is 7.05. The largest absolute Gasteiger partial charge is 0.473 e. The van der Waals surface area contributed by atoms with Crippen molar-refractivity contribution in [1.82, 2.24) is 15.0 Å². The Bertz CT molecular complexity index is 785. The highest BCUT2D eigenvalue weighted by atomic mass is 19.1. The summed E-state index contributed by atoms with van der Waals surface area (Å²) in [5.74, 6) is 0.301. The van der Waals surface area contributed by atoms with Crippen LogP contribution in [0.2, 0.25) is 0 Å². The first-order valence-electron chi connectivity index (χ1n) is 9.11. The smallest absolute Gasteiger partial charge is 0.254 e. The van der Waals surface area contributed by atoms with Gasteiger partial charge in [0, 0.05) is 43.8 Å². The normalized spacial score (nSPS) is 16.6. The number of hydrogen-bond donors (Lipinski definition) is 1. The van der Waals surface area contributed by atoms with E-state index >= 15 is 0 Å². The average molecular weight is 377 g/mol. The molecule has 0 bridgehead atoms.